The van der Waals surface area contributed by atoms with Crippen LogP contribution >= 0.6 is 0 Å². The number of amides is 1. The van der Waals surface area contributed by atoms with Crippen LogP contribution in [0.15, 0.2) is 35.9 Å². The van der Waals surface area contributed by atoms with Gasteiger partial charge in [-0.1, -0.05) is 23.8 Å². The molecule has 1 amide bonds. The highest BCUT2D eigenvalue weighted by Gasteiger charge is 2.39. The summed E-state index contributed by atoms with van der Waals surface area (Å²) in [7, 11) is 0. The Morgan fingerprint density at radius 2 is 2.12 bits per heavy atom. The quantitative estimate of drug-likeness (QED) is 0.773. The summed E-state index contributed by atoms with van der Waals surface area (Å²) < 4.78 is 24.5. The van der Waals surface area contributed by atoms with Gasteiger partial charge >= 0.3 is 6.09 Å². The van der Waals surface area contributed by atoms with Crippen molar-refractivity contribution in [3.05, 3.63) is 47.3 Å². The van der Waals surface area contributed by atoms with E-state index in [1.165, 1.54) is 11.6 Å². The van der Waals surface area contributed by atoms with Gasteiger partial charge in [-0.05, 0) is 57.7 Å². The molecular weight excluding hydrogens is 321 g/mol. The van der Waals surface area contributed by atoms with Gasteiger partial charge in [0.05, 0.1) is 25.3 Å². The van der Waals surface area contributed by atoms with E-state index in [0.29, 0.717) is 13.2 Å². The van der Waals surface area contributed by atoms with Crippen molar-refractivity contribution in [2.24, 2.45) is 0 Å². The third kappa shape index (κ3) is 4.60. The van der Waals surface area contributed by atoms with Gasteiger partial charge in [0.2, 0.25) is 0 Å². The van der Waals surface area contributed by atoms with Gasteiger partial charge in [0.25, 0.3) is 0 Å². The molecule has 4 nitrogen and oxygen atoms in total. The molecule has 2 atom stereocenters. The van der Waals surface area contributed by atoms with Crippen LogP contribution in [-0.4, -0.2) is 41.9 Å². The van der Waals surface area contributed by atoms with E-state index >= 15 is 0 Å². The molecule has 3 rings (SSSR count). The Kier molecular flexibility index (Phi) is 5.13. The Hall–Kier alpha value is -1.88. The zero-order chi connectivity index (χ0) is 18.0. The smallest absolute Gasteiger partial charge is 0.411 e. The molecule has 0 saturated carbocycles. The number of carbonyl (C=O) groups excluding carboxylic acids is 1. The van der Waals surface area contributed by atoms with Crippen molar-refractivity contribution in [1.82, 2.24) is 4.90 Å². The second-order valence-corrected chi connectivity index (χ2v) is 7.81. The van der Waals surface area contributed by atoms with E-state index in [2.05, 4.69) is 6.08 Å². The SMILES string of the molecule is CC(C)(C)OC(=O)N1C2C=C(CCc3cccc(F)c3)CC1COC2. The highest BCUT2D eigenvalue weighted by molar-refractivity contribution is 5.70. The lowest BCUT2D eigenvalue weighted by Crippen LogP contribution is -2.57. The average molecular weight is 347 g/mol. The molecule has 2 aliphatic rings. The van der Waals surface area contributed by atoms with E-state index in [-0.39, 0.29) is 24.0 Å². The lowest BCUT2D eigenvalue weighted by Gasteiger charge is -2.44. The summed E-state index contributed by atoms with van der Waals surface area (Å²) in [5.74, 6) is -0.198. The van der Waals surface area contributed by atoms with E-state index in [0.717, 1.165) is 24.8 Å². The molecule has 2 unspecified atom stereocenters. The summed E-state index contributed by atoms with van der Waals surface area (Å²) in [5, 5.41) is 0. The minimum Gasteiger partial charge on any atom is -0.444 e. The number of aryl methyl sites for hydroxylation is 1. The van der Waals surface area contributed by atoms with Crippen LogP contribution in [0, 0.1) is 5.82 Å². The molecule has 0 N–H and O–H groups in total. The molecule has 2 aliphatic heterocycles. The zero-order valence-corrected chi connectivity index (χ0v) is 15.1. The average Bonchev–Trinajstić information content (AvgIpc) is 2.50. The molecule has 0 radical (unpaired) electrons. The minimum absolute atomic E-state index is 0.0149. The van der Waals surface area contributed by atoms with Crippen molar-refractivity contribution < 1.29 is 18.7 Å². The van der Waals surface area contributed by atoms with E-state index in [1.807, 2.05) is 31.7 Å². The second-order valence-electron chi connectivity index (χ2n) is 7.81. The van der Waals surface area contributed by atoms with Crippen LogP contribution in [0.5, 0.6) is 0 Å². The number of carbonyl (C=O) groups is 1. The summed E-state index contributed by atoms with van der Waals surface area (Å²) in [6, 6.07) is 6.67. The van der Waals surface area contributed by atoms with Gasteiger partial charge in [-0.15, -0.1) is 0 Å². The normalized spacial score (nSPS) is 23.2. The highest BCUT2D eigenvalue weighted by atomic mass is 19.1. The first-order chi connectivity index (χ1) is 11.8. The lowest BCUT2D eigenvalue weighted by atomic mass is 9.91. The van der Waals surface area contributed by atoms with E-state index in [1.54, 1.807) is 12.1 Å². The van der Waals surface area contributed by atoms with Crippen molar-refractivity contribution in [1.29, 1.82) is 0 Å². The van der Waals surface area contributed by atoms with Gasteiger partial charge in [0, 0.05) is 0 Å². The zero-order valence-electron chi connectivity index (χ0n) is 15.1. The van der Waals surface area contributed by atoms with Crippen molar-refractivity contribution in [3.63, 3.8) is 0 Å². The summed E-state index contributed by atoms with van der Waals surface area (Å²) >= 11 is 0. The standard InChI is InChI=1S/C20H26FNO3/c1-20(2,3)25-19(23)22-17-10-15(11-18(22)13-24-12-17)8-7-14-5-4-6-16(21)9-14/h4-6,9-10,17-18H,7-8,11-13H2,1-3H3. The number of morpholine rings is 1. The van der Waals surface area contributed by atoms with Gasteiger partial charge in [-0.25, -0.2) is 9.18 Å². The molecule has 1 saturated heterocycles. The fraction of sp³-hybridized carbons (Fsp3) is 0.550. The molecule has 5 heteroatoms. The fourth-order valence-electron chi connectivity index (χ4n) is 3.47. The number of nitrogens with zero attached hydrogens (tertiary/aromatic N) is 1. The third-order valence-corrected chi connectivity index (χ3v) is 4.50. The Bertz CT molecular complexity index is 665. The number of rotatable bonds is 3. The van der Waals surface area contributed by atoms with E-state index in [9.17, 15) is 9.18 Å². The molecular formula is C20H26FNO3. The monoisotopic (exact) mass is 347 g/mol. The molecule has 1 aromatic rings. The van der Waals surface area contributed by atoms with E-state index < -0.39 is 5.60 Å². The Labute approximate surface area is 148 Å². The number of hydrogen-bond donors (Lipinski definition) is 0. The van der Waals surface area contributed by atoms with Crippen LogP contribution in [0.3, 0.4) is 0 Å². The first kappa shape index (κ1) is 17.9. The van der Waals surface area contributed by atoms with Gasteiger partial charge in [-0.3, -0.25) is 4.90 Å². The second kappa shape index (κ2) is 7.16. The molecule has 2 heterocycles. The van der Waals surface area contributed by atoms with Crippen LogP contribution in [0.25, 0.3) is 0 Å². The van der Waals surface area contributed by atoms with Gasteiger partial charge in [0.1, 0.15) is 11.4 Å². The minimum atomic E-state index is -0.506. The largest absolute Gasteiger partial charge is 0.444 e. The molecule has 0 aliphatic carbocycles. The van der Waals surface area contributed by atoms with Gasteiger partial charge in [-0.2, -0.15) is 0 Å². The van der Waals surface area contributed by atoms with E-state index in [4.69, 9.17) is 9.47 Å². The number of fused-ring (bicyclic) bond motifs is 2. The summed E-state index contributed by atoms with van der Waals surface area (Å²) in [5.41, 5.74) is 1.80. The summed E-state index contributed by atoms with van der Waals surface area (Å²) in [6.07, 6.45) is 4.31. The molecule has 1 aromatic carbocycles. The maximum Gasteiger partial charge on any atom is 0.411 e. The summed E-state index contributed by atoms with van der Waals surface area (Å²) in [6.45, 7) is 6.66. The maximum absolute atomic E-state index is 13.3. The van der Waals surface area contributed by atoms with Crippen LogP contribution in [-0.2, 0) is 15.9 Å². The summed E-state index contributed by atoms with van der Waals surface area (Å²) in [4.78, 5) is 14.3. The number of hydrogen-bond acceptors (Lipinski definition) is 3. The van der Waals surface area contributed by atoms with Crippen molar-refractivity contribution in [2.45, 2.75) is 57.7 Å². The predicted molar refractivity (Wildman–Crippen MR) is 93.9 cm³/mol. The topological polar surface area (TPSA) is 38.8 Å². The molecule has 25 heavy (non-hydrogen) atoms. The van der Waals surface area contributed by atoms with Crippen molar-refractivity contribution in [2.75, 3.05) is 13.2 Å². The molecule has 136 valence electrons. The van der Waals surface area contributed by atoms with Crippen LogP contribution in [0.2, 0.25) is 0 Å². The van der Waals surface area contributed by atoms with Gasteiger partial charge in [0.15, 0.2) is 0 Å². The van der Waals surface area contributed by atoms with Crippen LogP contribution in [0.4, 0.5) is 9.18 Å². The number of ether oxygens (including phenoxy) is 2. The number of halogens is 1. The molecule has 1 fully saturated rings. The molecule has 0 aromatic heterocycles. The lowest BCUT2D eigenvalue weighted by molar-refractivity contribution is -0.0537. The van der Waals surface area contributed by atoms with Gasteiger partial charge < -0.3 is 9.47 Å². The number of benzene rings is 1. The third-order valence-electron chi connectivity index (χ3n) is 4.50. The first-order valence-corrected chi connectivity index (χ1v) is 8.85. The maximum atomic E-state index is 13.3. The Morgan fingerprint density at radius 1 is 1.32 bits per heavy atom. The highest BCUT2D eigenvalue weighted by Crippen LogP contribution is 2.30. The van der Waals surface area contributed by atoms with Crippen molar-refractivity contribution >= 4 is 6.09 Å². The molecule has 2 bridgehead atoms. The fourth-order valence-corrected chi connectivity index (χ4v) is 3.47. The first-order valence-electron chi connectivity index (χ1n) is 8.85. The molecule has 0 spiro atoms. The van der Waals surface area contributed by atoms with Crippen LogP contribution < -0.4 is 0 Å². The van der Waals surface area contributed by atoms with Crippen LogP contribution in [0.1, 0.15) is 39.2 Å². The Morgan fingerprint density at radius 3 is 2.80 bits per heavy atom. The predicted octanol–water partition coefficient (Wildman–Crippen LogP) is 4.09. The van der Waals surface area contributed by atoms with Crippen molar-refractivity contribution in [3.8, 4) is 0 Å². The Balaban J connectivity index is 1.67.